The van der Waals surface area contributed by atoms with Gasteiger partial charge in [0, 0.05) is 12.0 Å². The zero-order valence-electron chi connectivity index (χ0n) is 19.0. The molecule has 1 heterocycles. The molecule has 2 rings (SSSR count). The summed E-state index contributed by atoms with van der Waals surface area (Å²) in [7, 11) is 0. The number of Topliss-reactive ketones (excluding diaryl/α,β-unsaturated/α-hetero) is 1. The van der Waals surface area contributed by atoms with Crippen molar-refractivity contribution in [2.24, 2.45) is 0 Å². The molecule has 0 radical (unpaired) electrons. The van der Waals surface area contributed by atoms with Crippen LogP contribution in [0, 0.1) is 0 Å². The quantitative estimate of drug-likeness (QED) is 0.159. The van der Waals surface area contributed by atoms with Crippen LogP contribution in [0.25, 0.3) is 0 Å². The topological polar surface area (TPSA) is 33.8 Å². The molecule has 0 amide bonds. The minimum absolute atomic E-state index is 0.167. The summed E-state index contributed by atoms with van der Waals surface area (Å²) in [5, 5.41) is 0. The van der Waals surface area contributed by atoms with Gasteiger partial charge >= 0.3 is 0 Å². The third kappa shape index (κ3) is 10.7. The van der Waals surface area contributed by atoms with Gasteiger partial charge in [-0.1, -0.05) is 114 Å². The monoisotopic (exact) mass is 409 g/mol. The second kappa shape index (κ2) is 15.8. The van der Waals surface area contributed by atoms with Gasteiger partial charge in [-0.05, 0) is 6.42 Å². The summed E-state index contributed by atoms with van der Waals surface area (Å²) in [5.41, 5.74) is 1.82. The maximum absolute atomic E-state index is 12.5. The Morgan fingerprint density at radius 3 is 1.97 bits per heavy atom. The van der Waals surface area contributed by atoms with Gasteiger partial charge in [-0.25, -0.2) is 4.98 Å². The largest absolute Gasteiger partial charge is 0.292 e. The second-order valence-electron chi connectivity index (χ2n) is 8.52. The molecule has 1 aromatic carbocycles. The lowest BCUT2D eigenvalue weighted by Crippen LogP contribution is -2.35. The zero-order valence-corrected chi connectivity index (χ0v) is 19.0. The van der Waals surface area contributed by atoms with Crippen LogP contribution >= 0.6 is 0 Å². The molecule has 3 heteroatoms. The van der Waals surface area contributed by atoms with Crippen molar-refractivity contribution in [3.8, 4) is 0 Å². The average Bonchev–Trinajstić information content (AvgIpc) is 2.77. The molecule has 0 aliphatic heterocycles. The Bertz CT molecular complexity index is 699. The van der Waals surface area contributed by atoms with Crippen LogP contribution in [0.4, 0.5) is 0 Å². The van der Waals surface area contributed by atoms with Crippen LogP contribution in [0.5, 0.6) is 0 Å². The number of hydrogen-bond donors (Lipinski definition) is 0. The molecule has 0 aliphatic carbocycles. The van der Waals surface area contributed by atoms with Gasteiger partial charge in [0.05, 0.1) is 6.20 Å². The molecule has 30 heavy (non-hydrogen) atoms. The Morgan fingerprint density at radius 1 is 0.800 bits per heavy atom. The van der Waals surface area contributed by atoms with E-state index in [0.717, 1.165) is 19.4 Å². The van der Waals surface area contributed by atoms with E-state index in [1.165, 1.54) is 76.2 Å². The van der Waals surface area contributed by atoms with Gasteiger partial charge in [0.1, 0.15) is 0 Å². The van der Waals surface area contributed by atoms with Gasteiger partial charge in [0.25, 0.3) is 0 Å². The van der Waals surface area contributed by atoms with E-state index in [-0.39, 0.29) is 5.78 Å². The third-order valence-corrected chi connectivity index (χ3v) is 5.76. The lowest BCUT2D eigenvalue weighted by molar-refractivity contribution is -0.689. The highest BCUT2D eigenvalue weighted by Gasteiger charge is 2.12. The van der Waals surface area contributed by atoms with E-state index in [2.05, 4.69) is 24.0 Å². The molecule has 1 aromatic heterocycles. The van der Waals surface area contributed by atoms with E-state index in [9.17, 15) is 4.79 Å². The highest BCUT2D eigenvalue weighted by Crippen LogP contribution is 2.13. The summed E-state index contributed by atoms with van der Waals surface area (Å²) in [6, 6.07) is 10.3. The smallest absolute Gasteiger partial charge is 0.198 e. The molecule has 0 aliphatic rings. The molecular formula is C27H41N2O+. The molecule has 0 saturated heterocycles. The van der Waals surface area contributed by atoms with E-state index in [1.54, 1.807) is 6.20 Å². The lowest BCUT2D eigenvalue weighted by atomic mass is 10.0. The van der Waals surface area contributed by atoms with Gasteiger partial charge in [-0.15, -0.1) is 0 Å². The first-order valence-electron chi connectivity index (χ1n) is 12.2. The molecule has 0 unspecified atom stereocenters. The van der Waals surface area contributed by atoms with E-state index in [1.807, 2.05) is 35.2 Å². The van der Waals surface area contributed by atoms with E-state index >= 15 is 0 Å². The van der Waals surface area contributed by atoms with Crippen molar-refractivity contribution in [2.45, 2.75) is 103 Å². The fraction of sp³-hybridized carbons (Fsp3) is 0.593. The molecule has 0 bridgehead atoms. The number of nitrogens with zero attached hydrogens (tertiary/aromatic N) is 2. The van der Waals surface area contributed by atoms with E-state index < -0.39 is 0 Å². The fourth-order valence-corrected chi connectivity index (χ4v) is 3.90. The number of unbranched alkanes of at least 4 members (excludes halogenated alkanes) is 12. The number of carbonyl (C=O) groups excluding carboxylic acids is 1. The zero-order chi connectivity index (χ0) is 21.3. The minimum Gasteiger partial charge on any atom is -0.292 e. The molecule has 2 aromatic rings. The van der Waals surface area contributed by atoms with Crippen molar-refractivity contribution >= 4 is 5.78 Å². The number of carbonyl (C=O) groups is 1. The number of benzene rings is 1. The molecule has 0 N–H and O–H groups in total. The second-order valence-corrected chi connectivity index (χ2v) is 8.52. The minimum atomic E-state index is 0.167. The molecule has 0 fully saturated rings. The Balaban J connectivity index is 1.51. The van der Waals surface area contributed by atoms with Gasteiger partial charge in [0.2, 0.25) is 0 Å². The molecule has 164 valence electrons. The van der Waals surface area contributed by atoms with Crippen molar-refractivity contribution < 1.29 is 9.36 Å². The molecule has 0 saturated carbocycles. The van der Waals surface area contributed by atoms with Crippen LogP contribution in [0.1, 0.15) is 113 Å². The number of hydrogen-bond acceptors (Lipinski definition) is 2. The maximum Gasteiger partial charge on any atom is 0.198 e. The van der Waals surface area contributed by atoms with Gasteiger partial charge in [-0.3, -0.25) is 4.79 Å². The van der Waals surface area contributed by atoms with Crippen LogP contribution in [0.15, 0.2) is 48.9 Å². The summed E-state index contributed by atoms with van der Waals surface area (Å²) in [6.07, 6.45) is 23.4. The summed E-state index contributed by atoms with van der Waals surface area (Å²) in [6.45, 7) is 3.04. The van der Waals surface area contributed by atoms with Crippen LogP contribution in [0.2, 0.25) is 0 Å². The predicted molar refractivity (Wildman–Crippen MR) is 125 cm³/mol. The van der Waals surface area contributed by atoms with Crippen LogP contribution in [-0.2, 0) is 6.54 Å². The predicted octanol–water partition coefficient (Wildman–Crippen LogP) is 7.08. The Morgan fingerprint density at radius 2 is 1.37 bits per heavy atom. The fourth-order valence-electron chi connectivity index (χ4n) is 3.90. The van der Waals surface area contributed by atoms with Crippen molar-refractivity contribution in [3.63, 3.8) is 0 Å². The Labute approximate surface area is 184 Å². The number of aromatic nitrogens is 2. The van der Waals surface area contributed by atoms with Gasteiger partial charge < -0.3 is 0 Å². The first-order valence-corrected chi connectivity index (χ1v) is 12.2. The molecule has 3 nitrogen and oxygen atoms in total. The highest BCUT2D eigenvalue weighted by molar-refractivity contribution is 5.93. The van der Waals surface area contributed by atoms with Crippen molar-refractivity contribution in [3.05, 3.63) is 60.2 Å². The lowest BCUT2D eigenvalue weighted by Gasteiger charge is -2.03. The van der Waals surface area contributed by atoms with Gasteiger partial charge in [-0.2, -0.15) is 4.57 Å². The summed E-state index contributed by atoms with van der Waals surface area (Å²) < 4.78 is 2.04. The first-order chi connectivity index (χ1) is 14.8. The summed E-state index contributed by atoms with van der Waals surface area (Å²) in [4.78, 5) is 16.8. The van der Waals surface area contributed by atoms with Gasteiger partial charge in [0.15, 0.2) is 30.4 Å². The Kier molecular flexibility index (Phi) is 12.7. The van der Waals surface area contributed by atoms with Crippen LogP contribution in [0.3, 0.4) is 0 Å². The molecule has 0 spiro atoms. The number of ketones is 1. The van der Waals surface area contributed by atoms with Crippen LogP contribution < -0.4 is 4.57 Å². The molecule has 0 atom stereocenters. The van der Waals surface area contributed by atoms with E-state index in [4.69, 9.17) is 0 Å². The van der Waals surface area contributed by atoms with Crippen molar-refractivity contribution in [2.75, 3.05) is 0 Å². The molecular weight excluding hydrogens is 368 g/mol. The Hall–Kier alpha value is -2.03. The summed E-state index contributed by atoms with van der Waals surface area (Å²) >= 11 is 0. The maximum atomic E-state index is 12.5. The van der Waals surface area contributed by atoms with Crippen LogP contribution in [-0.4, -0.2) is 10.8 Å². The standard InChI is InChI=1S/C27H41N2O/c1-2-3-4-5-6-7-8-9-10-11-12-13-17-20-27(30)26-24-29(22-21-28-26)23-25-18-15-14-16-19-25/h14-16,18-19,21-22,24H,2-13,17,20,23H2,1H3/q+1. The first kappa shape index (κ1) is 24.2. The highest BCUT2D eigenvalue weighted by atomic mass is 16.1. The van der Waals surface area contributed by atoms with Crippen molar-refractivity contribution in [1.82, 2.24) is 4.98 Å². The average molecular weight is 410 g/mol. The summed E-state index contributed by atoms with van der Waals surface area (Å²) in [5.74, 6) is 0.167. The number of rotatable bonds is 17. The normalized spacial score (nSPS) is 11.0. The third-order valence-electron chi connectivity index (χ3n) is 5.76. The van der Waals surface area contributed by atoms with E-state index in [0.29, 0.717) is 12.1 Å². The SMILES string of the molecule is CCCCCCCCCCCCCCCC(=O)c1c[n+](Cc2ccccc2)ccn1. The van der Waals surface area contributed by atoms with Crippen molar-refractivity contribution in [1.29, 1.82) is 0 Å².